The van der Waals surface area contributed by atoms with Gasteiger partial charge in [0.2, 0.25) is 19.5 Å². The van der Waals surface area contributed by atoms with Crippen LogP contribution in [0.15, 0.2) is 60.7 Å². The van der Waals surface area contributed by atoms with Crippen molar-refractivity contribution in [3.8, 4) is 11.4 Å². The third kappa shape index (κ3) is 13.3. The Morgan fingerprint density at radius 1 is 0.803 bits per heavy atom. The first-order valence-corrected chi connectivity index (χ1v) is 22.0. The minimum Gasteiger partial charge on any atom is -0.450 e. The van der Waals surface area contributed by atoms with Gasteiger partial charge >= 0.3 is 25.6 Å². The topological polar surface area (TPSA) is 205 Å². The lowest BCUT2D eigenvalue weighted by atomic mass is 10.0. The molecule has 0 spiro atoms. The minimum atomic E-state index is -4.22. The number of nitrogens with zero attached hydrogens (tertiary/aromatic N) is 5. The standard InChI is InChI=1S/C42H55N6O12P/c1-5-11-37(49)57-28-59-61(54,60-29-58-38(50)12-6-2)33-17-15-30(16-18-33)25-35(41(52)46-21-23-47(24-22-46)42(53)56-7-3)44-40(51)34-26-36(48-20-19-32(27-48)55-4)45-39(43-34)31-13-9-8-10-14-31/h8-10,13-18,26,32,35H,5-7,11-12,19-25,27-29H2,1-4H3,(H,44,51). The molecule has 330 valence electrons. The molecule has 2 aliphatic heterocycles. The molecule has 18 nitrogen and oxygen atoms in total. The first-order valence-electron chi connectivity index (χ1n) is 20.5. The fraction of sp³-hybridized carbons (Fsp3) is 0.500. The van der Waals surface area contributed by atoms with Crippen molar-refractivity contribution < 1.29 is 56.5 Å². The number of hydrogen-bond donors (Lipinski definition) is 1. The largest absolute Gasteiger partial charge is 0.450 e. The predicted octanol–water partition coefficient (Wildman–Crippen LogP) is 4.46. The highest BCUT2D eigenvalue weighted by Gasteiger charge is 2.33. The molecule has 0 bridgehead atoms. The summed E-state index contributed by atoms with van der Waals surface area (Å²) >= 11 is 0. The summed E-state index contributed by atoms with van der Waals surface area (Å²) in [6, 6.07) is 15.9. The lowest BCUT2D eigenvalue weighted by molar-refractivity contribution is -0.152. The van der Waals surface area contributed by atoms with Crippen molar-refractivity contribution in [2.75, 3.05) is 71.5 Å². The van der Waals surface area contributed by atoms with Crippen molar-refractivity contribution in [1.29, 1.82) is 0 Å². The van der Waals surface area contributed by atoms with Crippen molar-refractivity contribution in [1.82, 2.24) is 25.1 Å². The van der Waals surface area contributed by atoms with Crippen LogP contribution in [0.3, 0.4) is 0 Å². The maximum atomic E-state index is 14.3. The smallest absolute Gasteiger partial charge is 0.409 e. The molecule has 0 saturated carbocycles. The van der Waals surface area contributed by atoms with Gasteiger partial charge < -0.3 is 39.0 Å². The second-order valence-corrected chi connectivity index (χ2v) is 16.4. The zero-order valence-corrected chi connectivity index (χ0v) is 36.0. The highest BCUT2D eigenvalue weighted by molar-refractivity contribution is 7.62. The Morgan fingerprint density at radius 2 is 1.43 bits per heavy atom. The summed E-state index contributed by atoms with van der Waals surface area (Å²) in [5, 5.41) is 2.99. The summed E-state index contributed by atoms with van der Waals surface area (Å²) in [5.41, 5.74) is 1.33. The Balaban J connectivity index is 1.41. The second-order valence-electron chi connectivity index (χ2n) is 14.3. The maximum absolute atomic E-state index is 14.3. The van der Waals surface area contributed by atoms with E-state index in [9.17, 15) is 28.5 Å². The van der Waals surface area contributed by atoms with Crippen LogP contribution >= 0.6 is 7.60 Å². The van der Waals surface area contributed by atoms with Gasteiger partial charge in [0.1, 0.15) is 17.6 Å². The molecule has 0 aliphatic carbocycles. The number of aromatic nitrogens is 2. The molecule has 3 aromatic rings. The van der Waals surface area contributed by atoms with Crippen LogP contribution in [-0.2, 0) is 53.4 Å². The number of carbonyl (C=O) groups excluding carboxylic acids is 5. The van der Waals surface area contributed by atoms with E-state index in [0.717, 1.165) is 6.42 Å². The lowest BCUT2D eigenvalue weighted by Crippen LogP contribution is -2.56. The van der Waals surface area contributed by atoms with Crippen molar-refractivity contribution in [2.45, 2.75) is 71.4 Å². The van der Waals surface area contributed by atoms with Crippen LogP contribution in [0.1, 0.15) is 68.9 Å². The summed E-state index contributed by atoms with van der Waals surface area (Å²) in [6.07, 6.45) is 1.67. The lowest BCUT2D eigenvalue weighted by Gasteiger charge is -2.36. The van der Waals surface area contributed by atoms with E-state index in [1.165, 1.54) is 17.0 Å². The fourth-order valence-corrected chi connectivity index (χ4v) is 7.92. The Kier molecular flexibility index (Phi) is 17.6. The first kappa shape index (κ1) is 46.6. The highest BCUT2D eigenvalue weighted by atomic mass is 31.2. The molecule has 0 radical (unpaired) electrons. The van der Waals surface area contributed by atoms with Gasteiger partial charge in [-0.3, -0.25) is 32.8 Å². The number of rotatable bonds is 20. The number of methoxy groups -OCH3 is 1. The molecule has 1 N–H and O–H groups in total. The molecule has 2 aromatic carbocycles. The number of esters is 2. The molecule has 2 atom stereocenters. The Labute approximate surface area is 355 Å². The van der Waals surface area contributed by atoms with Crippen LogP contribution in [-0.4, -0.2) is 128 Å². The van der Waals surface area contributed by atoms with Crippen LogP contribution in [0.5, 0.6) is 0 Å². The van der Waals surface area contributed by atoms with Gasteiger partial charge in [0.05, 0.1) is 18.0 Å². The van der Waals surface area contributed by atoms with Gasteiger partial charge in [-0.1, -0.05) is 56.3 Å². The van der Waals surface area contributed by atoms with Gasteiger partial charge in [-0.15, -0.1) is 0 Å². The molecule has 61 heavy (non-hydrogen) atoms. The number of ether oxygens (including phenoxy) is 4. The summed E-state index contributed by atoms with van der Waals surface area (Å²) in [6.45, 7) is 6.34. The number of anilines is 1. The van der Waals surface area contributed by atoms with E-state index in [1.54, 1.807) is 51.0 Å². The summed E-state index contributed by atoms with van der Waals surface area (Å²) in [4.78, 5) is 79.5. The number of piperazine rings is 1. The zero-order chi connectivity index (χ0) is 43.8. The van der Waals surface area contributed by atoms with E-state index in [-0.39, 0.29) is 75.1 Å². The number of nitrogens with one attached hydrogen (secondary N) is 1. The molecule has 3 heterocycles. The number of benzene rings is 2. The van der Waals surface area contributed by atoms with E-state index in [4.69, 9.17) is 33.0 Å². The Morgan fingerprint density at radius 3 is 2.00 bits per heavy atom. The molecule has 2 unspecified atom stereocenters. The number of carbonyl (C=O) groups is 5. The van der Waals surface area contributed by atoms with Crippen LogP contribution in [0.25, 0.3) is 11.4 Å². The predicted molar refractivity (Wildman–Crippen MR) is 223 cm³/mol. The van der Waals surface area contributed by atoms with Crippen LogP contribution in [0.4, 0.5) is 10.6 Å². The van der Waals surface area contributed by atoms with Crippen LogP contribution in [0.2, 0.25) is 0 Å². The molecule has 2 fully saturated rings. The Hall–Kier alpha value is -5.42. The average molecular weight is 867 g/mol. The monoisotopic (exact) mass is 866 g/mol. The normalized spacial score (nSPS) is 15.9. The Bertz CT molecular complexity index is 1970. The molecule has 1 aromatic heterocycles. The van der Waals surface area contributed by atoms with Crippen molar-refractivity contribution in [3.63, 3.8) is 0 Å². The van der Waals surface area contributed by atoms with E-state index in [1.807, 2.05) is 35.2 Å². The van der Waals surface area contributed by atoms with Crippen molar-refractivity contribution in [3.05, 3.63) is 71.9 Å². The highest BCUT2D eigenvalue weighted by Crippen LogP contribution is 2.47. The fourth-order valence-electron chi connectivity index (χ4n) is 6.65. The summed E-state index contributed by atoms with van der Waals surface area (Å²) in [7, 11) is -2.56. The van der Waals surface area contributed by atoms with Crippen LogP contribution < -0.4 is 15.5 Å². The van der Waals surface area contributed by atoms with Gasteiger partial charge in [-0.2, -0.15) is 0 Å². The van der Waals surface area contributed by atoms with Gasteiger partial charge in [-0.25, -0.2) is 14.8 Å². The van der Waals surface area contributed by atoms with Gasteiger partial charge in [0.25, 0.3) is 5.91 Å². The van der Waals surface area contributed by atoms with Crippen molar-refractivity contribution >= 4 is 48.6 Å². The summed E-state index contributed by atoms with van der Waals surface area (Å²) in [5.74, 6) is -1.22. The molecule has 3 amide bonds. The van der Waals surface area contributed by atoms with Crippen LogP contribution in [0, 0.1) is 0 Å². The molecule has 2 saturated heterocycles. The van der Waals surface area contributed by atoms with E-state index in [0.29, 0.717) is 48.7 Å². The number of amides is 3. The second kappa shape index (κ2) is 23.0. The minimum absolute atomic E-state index is 0.00332. The molecule has 19 heteroatoms. The maximum Gasteiger partial charge on any atom is 0.409 e. The third-order valence-corrected chi connectivity index (χ3v) is 11.8. The average Bonchev–Trinajstić information content (AvgIpc) is 3.76. The quantitative estimate of drug-likeness (QED) is 0.0721. The van der Waals surface area contributed by atoms with Gasteiger partial charge in [0.15, 0.2) is 5.82 Å². The zero-order valence-electron chi connectivity index (χ0n) is 35.1. The first-order chi connectivity index (χ1) is 29.5. The molecule has 5 rings (SSSR count). The molecule has 2 aliphatic rings. The van der Waals surface area contributed by atoms with E-state index < -0.39 is 51.2 Å². The number of hydrogen-bond acceptors (Lipinski definition) is 15. The van der Waals surface area contributed by atoms with E-state index >= 15 is 0 Å². The van der Waals surface area contributed by atoms with Crippen molar-refractivity contribution in [2.24, 2.45) is 0 Å². The van der Waals surface area contributed by atoms with E-state index in [2.05, 4.69) is 10.3 Å². The van der Waals surface area contributed by atoms with Gasteiger partial charge in [0, 0.05) is 77.3 Å². The summed E-state index contributed by atoms with van der Waals surface area (Å²) < 4.78 is 45.8. The SMILES string of the molecule is CCCC(=O)OCOP(=O)(OCOC(=O)CCC)c1ccc(CC(NC(=O)c2cc(N3CCC(OC)C3)nc(-c3ccccc3)n2)C(=O)N2CCN(C(=O)OCC)CC2)cc1. The molecular formula is C42H55N6O12P. The third-order valence-electron chi connectivity index (χ3n) is 9.99. The molecular weight excluding hydrogens is 811 g/mol. The van der Waals surface area contributed by atoms with Gasteiger partial charge in [-0.05, 0) is 43.9 Å².